The zero-order valence-electron chi connectivity index (χ0n) is 13.2. The van der Waals surface area contributed by atoms with E-state index in [9.17, 15) is 9.90 Å². The van der Waals surface area contributed by atoms with Crippen LogP contribution < -0.4 is 5.32 Å². The fraction of sp³-hybridized carbons (Fsp3) is 0.938. The summed E-state index contributed by atoms with van der Waals surface area (Å²) in [6.07, 6.45) is 7.32. The maximum atomic E-state index is 12.2. The predicted octanol–water partition coefficient (Wildman–Crippen LogP) is 2.76. The fourth-order valence-electron chi connectivity index (χ4n) is 3.49. The van der Waals surface area contributed by atoms with Gasteiger partial charge in [0.15, 0.2) is 0 Å². The molecule has 2 N–H and O–H groups in total. The van der Waals surface area contributed by atoms with Gasteiger partial charge in [0.1, 0.15) is 0 Å². The second kappa shape index (κ2) is 6.33. The van der Waals surface area contributed by atoms with Crippen molar-refractivity contribution in [3.8, 4) is 0 Å². The zero-order chi connectivity index (χ0) is 14.8. The largest absolute Gasteiger partial charge is 0.393 e. The summed E-state index contributed by atoms with van der Waals surface area (Å²) < 4.78 is 0. The number of nitrogens with one attached hydrogen (secondary N) is 1. The Balaban J connectivity index is 1.74. The lowest BCUT2D eigenvalue weighted by Crippen LogP contribution is -2.47. The quantitative estimate of drug-likeness (QED) is 0.836. The lowest BCUT2D eigenvalue weighted by Gasteiger charge is -2.35. The monoisotopic (exact) mass is 282 g/mol. The Bertz CT molecular complexity index is 333. The maximum Gasteiger partial charge on any atom is 0.317 e. The second-order valence-corrected chi connectivity index (χ2v) is 7.53. The lowest BCUT2D eigenvalue weighted by molar-refractivity contribution is 0.112. The Morgan fingerprint density at radius 1 is 1.25 bits per heavy atom. The van der Waals surface area contributed by atoms with Crippen LogP contribution in [0.25, 0.3) is 0 Å². The van der Waals surface area contributed by atoms with Gasteiger partial charge < -0.3 is 15.3 Å². The van der Waals surface area contributed by atoms with Gasteiger partial charge in [0.2, 0.25) is 0 Å². The molecular formula is C16H30N2O2. The van der Waals surface area contributed by atoms with E-state index in [2.05, 4.69) is 19.2 Å². The van der Waals surface area contributed by atoms with Crippen LogP contribution in [0.2, 0.25) is 0 Å². The summed E-state index contributed by atoms with van der Waals surface area (Å²) in [7, 11) is 1.84. The molecule has 2 unspecified atom stereocenters. The average molecular weight is 282 g/mol. The molecule has 0 aromatic heterocycles. The number of hydrogen-bond acceptors (Lipinski definition) is 2. The zero-order valence-corrected chi connectivity index (χ0v) is 13.2. The Hall–Kier alpha value is -0.770. The van der Waals surface area contributed by atoms with Gasteiger partial charge >= 0.3 is 6.03 Å². The van der Waals surface area contributed by atoms with Gasteiger partial charge in [-0.1, -0.05) is 20.3 Å². The third kappa shape index (κ3) is 4.11. The third-order valence-electron chi connectivity index (χ3n) is 5.14. The topological polar surface area (TPSA) is 52.6 Å². The summed E-state index contributed by atoms with van der Waals surface area (Å²) in [6, 6.07) is 0.347. The van der Waals surface area contributed by atoms with Gasteiger partial charge in [-0.3, -0.25) is 0 Å². The molecule has 2 aliphatic rings. The minimum Gasteiger partial charge on any atom is -0.393 e. The van der Waals surface area contributed by atoms with E-state index in [1.165, 1.54) is 12.8 Å². The van der Waals surface area contributed by atoms with Crippen LogP contribution in [0.1, 0.15) is 58.8 Å². The molecule has 0 saturated heterocycles. The van der Waals surface area contributed by atoms with Crippen LogP contribution in [-0.2, 0) is 0 Å². The number of amides is 2. The van der Waals surface area contributed by atoms with E-state index in [-0.39, 0.29) is 18.1 Å². The highest BCUT2D eigenvalue weighted by molar-refractivity contribution is 5.74. The number of aliphatic hydroxyl groups excluding tert-OH is 1. The number of carbonyl (C=O) groups is 1. The Morgan fingerprint density at radius 2 is 1.90 bits per heavy atom. The molecule has 2 rings (SSSR count). The number of urea groups is 1. The summed E-state index contributed by atoms with van der Waals surface area (Å²) >= 11 is 0. The first kappa shape index (κ1) is 15.6. The van der Waals surface area contributed by atoms with Gasteiger partial charge in [-0.25, -0.2) is 4.79 Å². The van der Waals surface area contributed by atoms with Crippen LogP contribution in [0.3, 0.4) is 0 Å². The fourth-order valence-corrected chi connectivity index (χ4v) is 3.49. The number of carbonyl (C=O) groups excluding carboxylic acids is 1. The molecule has 0 spiro atoms. The molecule has 0 heterocycles. The molecule has 2 saturated carbocycles. The van der Waals surface area contributed by atoms with Crippen molar-refractivity contribution < 1.29 is 9.90 Å². The smallest absolute Gasteiger partial charge is 0.317 e. The van der Waals surface area contributed by atoms with Crippen LogP contribution in [-0.4, -0.2) is 41.8 Å². The summed E-state index contributed by atoms with van der Waals surface area (Å²) in [5.41, 5.74) is 0.432. The highest BCUT2D eigenvalue weighted by atomic mass is 16.3. The third-order valence-corrected chi connectivity index (χ3v) is 5.14. The molecule has 0 bridgehead atoms. The van der Waals surface area contributed by atoms with E-state index in [0.717, 1.165) is 32.1 Å². The van der Waals surface area contributed by atoms with Crippen LogP contribution >= 0.6 is 0 Å². The molecule has 2 amide bonds. The van der Waals surface area contributed by atoms with E-state index in [1.807, 2.05) is 7.05 Å². The first-order valence-corrected chi connectivity index (χ1v) is 8.07. The van der Waals surface area contributed by atoms with E-state index in [0.29, 0.717) is 18.0 Å². The van der Waals surface area contributed by atoms with Gasteiger partial charge in [-0.05, 0) is 43.9 Å². The van der Waals surface area contributed by atoms with Crippen molar-refractivity contribution in [1.29, 1.82) is 0 Å². The lowest BCUT2D eigenvalue weighted by atomic mass is 9.75. The molecule has 2 atom stereocenters. The van der Waals surface area contributed by atoms with E-state index in [4.69, 9.17) is 0 Å². The van der Waals surface area contributed by atoms with Crippen molar-refractivity contribution in [2.75, 3.05) is 13.6 Å². The molecule has 4 heteroatoms. The molecule has 2 fully saturated rings. The number of rotatable bonds is 3. The number of aliphatic hydroxyl groups is 1. The van der Waals surface area contributed by atoms with E-state index in [1.54, 1.807) is 4.90 Å². The summed E-state index contributed by atoms with van der Waals surface area (Å²) in [6.45, 7) is 5.28. The molecule has 2 aliphatic carbocycles. The number of hydrogen-bond donors (Lipinski definition) is 2. The van der Waals surface area contributed by atoms with Gasteiger partial charge in [-0.2, -0.15) is 0 Å². The van der Waals surface area contributed by atoms with Gasteiger partial charge in [0, 0.05) is 25.6 Å². The van der Waals surface area contributed by atoms with Crippen LogP contribution in [0, 0.1) is 11.3 Å². The highest BCUT2D eigenvalue weighted by Gasteiger charge is 2.30. The van der Waals surface area contributed by atoms with Gasteiger partial charge in [-0.15, -0.1) is 0 Å². The van der Waals surface area contributed by atoms with Crippen molar-refractivity contribution in [2.45, 2.75) is 70.9 Å². The molecule has 0 aromatic carbocycles. The van der Waals surface area contributed by atoms with Gasteiger partial charge in [0.05, 0.1) is 6.10 Å². The first-order valence-electron chi connectivity index (χ1n) is 8.07. The average Bonchev–Trinajstić information content (AvgIpc) is 2.77. The van der Waals surface area contributed by atoms with Crippen molar-refractivity contribution in [3.63, 3.8) is 0 Å². The summed E-state index contributed by atoms with van der Waals surface area (Å²) in [5, 5.41) is 13.0. The molecule has 0 radical (unpaired) electrons. The molecule has 0 aromatic rings. The number of nitrogens with zero attached hydrogens (tertiary/aromatic N) is 1. The first-order chi connectivity index (χ1) is 9.37. The Kier molecular flexibility index (Phi) is 4.95. The molecular weight excluding hydrogens is 252 g/mol. The molecule has 4 nitrogen and oxygen atoms in total. The second-order valence-electron chi connectivity index (χ2n) is 7.53. The molecule has 20 heavy (non-hydrogen) atoms. The van der Waals surface area contributed by atoms with Crippen LogP contribution in [0.15, 0.2) is 0 Å². The van der Waals surface area contributed by atoms with E-state index < -0.39 is 0 Å². The molecule has 116 valence electrons. The SMILES string of the molecule is CN(CC1CCCC1O)C(=O)NC1CCC(C)(C)CC1. The minimum absolute atomic E-state index is 0.0220. The van der Waals surface area contributed by atoms with Crippen LogP contribution in [0.5, 0.6) is 0 Å². The Labute approximate surface area is 122 Å². The summed E-state index contributed by atoms with van der Waals surface area (Å²) in [5.74, 6) is 0.260. The Morgan fingerprint density at radius 3 is 2.45 bits per heavy atom. The van der Waals surface area contributed by atoms with Crippen LogP contribution in [0.4, 0.5) is 4.79 Å². The van der Waals surface area contributed by atoms with Crippen molar-refractivity contribution in [3.05, 3.63) is 0 Å². The highest BCUT2D eigenvalue weighted by Crippen LogP contribution is 2.35. The predicted molar refractivity (Wildman–Crippen MR) is 80.5 cm³/mol. The van der Waals surface area contributed by atoms with Crippen molar-refractivity contribution >= 4 is 6.03 Å². The maximum absolute atomic E-state index is 12.2. The summed E-state index contributed by atoms with van der Waals surface area (Å²) in [4.78, 5) is 13.9. The van der Waals surface area contributed by atoms with Gasteiger partial charge in [0.25, 0.3) is 0 Å². The standard InChI is InChI=1S/C16H30N2O2/c1-16(2)9-7-13(8-10-16)17-15(20)18(3)11-12-5-4-6-14(12)19/h12-14,19H,4-11H2,1-3H3,(H,17,20). The van der Waals surface area contributed by atoms with Crippen molar-refractivity contribution in [1.82, 2.24) is 10.2 Å². The minimum atomic E-state index is -0.222. The normalized spacial score (nSPS) is 30.2. The molecule has 0 aliphatic heterocycles. The van der Waals surface area contributed by atoms with E-state index >= 15 is 0 Å². The van der Waals surface area contributed by atoms with Crippen molar-refractivity contribution in [2.24, 2.45) is 11.3 Å².